The van der Waals surface area contributed by atoms with Crippen molar-refractivity contribution in [2.24, 2.45) is 10.2 Å². The molecular formula is C25H23BrN4O5. The molecule has 0 bridgehead atoms. The Labute approximate surface area is 210 Å². The molecule has 0 heterocycles. The first-order valence-corrected chi connectivity index (χ1v) is 11.5. The number of carbonyl (C=O) groups is 2. The van der Waals surface area contributed by atoms with E-state index in [0.29, 0.717) is 28.9 Å². The maximum Gasteiger partial charge on any atom is 0.308 e. The van der Waals surface area contributed by atoms with Crippen LogP contribution in [0.1, 0.15) is 18.9 Å². The Hall–Kier alpha value is -3.92. The fourth-order valence-corrected chi connectivity index (χ4v) is 3.56. The van der Waals surface area contributed by atoms with Gasteiger partial charge in [-0.1, -0.05) is 30.3 Å². The molecule has 0 saturated carbocycles. The van der Waals surface area contributed by atoms with Crippen LogP contribution in [0, 0.1) is 10.1 Å². The van der Waals surface area contributed by atoms with E-state index in [4.69, 9.17) is 4.74 Å². The molecule has 0 atom stereocenters. The number of esters is 1. The number of azo groups is 1. The van der Waals surface area contributed by atoms with E-state index in [9.17, 15) is 19.7 Å². The lowest BCUT2D eigenvalue weighted by molar-refractivity contribution is -0.384. The molecule has 0 fully saturated rings. The zero-order valence-corrected chi connectivity index (χ0v) is 20.6. The number of halogens is 1. The highest BCUT2D eigenvalue weighted by Crippen LogP contribution is 2.31. The fourth-order valence-electron chi connectivity index (χ4n) is 3.12. The molecule has 35 heavy (non-hydrogen) atoms. The van der Waals surface area contributed by atoms with Crippen molar-refractivity contribution in [2.45, 2.75) is 19.9 Å². The van der Waals surface area contributed by atoms with Crippen LogP contribution in [0.25, 0.3) is 0 Å². The molecule has 9 nitrogen and oxygen atoms in total. The number of benzene rings is 3. The summed E-state index contributed by atoms with van der Waals surface area (Å²) in [5, 5.41) is 19.3. The molecule has 3 aromatic carbocycles. The van der Waals surface area contributed by atoms with Gasteiger partial charge in [0, 0.05) is 30.9 Å². The van der Waals surface area contributed by atoms with Crippen molar-refractivity contribution in [1.29, 1.82) is 0 Å². The Bertz CT molecular complexity index is 1220. The molecular weight excluding hydrogens is 516 g/mol. The van der Waals surface area contributed by atoms with Crippen LogP contribution in [0.4, 0.5) is 22.7 Å². The summed E-state index contributed by atoms with van der Waals surface area (Å²) in [7, 11) is 0. The van der Waals surface area contributed by atoms with Gasteiger partial charge in [-0.15, -0.1) is 5.11 Å². The predicted octanol–water partition coefficient (Wildman–Crippen LogP) is 6.30. The number of anilines is 1. The zero-order chi connectivity index (χ0) is 25.2. The van der Waals surface area contributed by atoms with Crippen molar-refractivity contribution in [3.05, 3.63) is 92.9 Å². The van der Waals surface area contributed by atoms with E-state index in [1.165, 1.54) is 25.1 Å². The molecule has 0 unspecified atom stereocenters. The Morgan fingerprint density at radius 2 is 1.74 bits per heavy atom. The topological polar surface area (TPSA) is 114 Å². The summed E-state index contributed by atoms with van der Waals surface area (Å²) in [6.07, 6.45) is 0.135. The van der Waals surface area contributed by atoms with Crippen molar-refractivity contribution < 1.29 is 19.2 Å². The van der Waals surface area contributed by atoms with Crippen LogP contribution in [-0.2, 0) is 20.9 Å². The number of carbonyl (C=O) groups excluding carboxylic acids is 2. The van der Waals surface area contributed by atoms with Gasteiger partial charge in [0.25, 0.3) is 5.69 Å². The quantitative estimate of drug-likeness (QED) is 0.122. The molecule has 0 aromatic heterocycles. The average molecular weight is 539 g/mol. The van der Waals surface area contributed by atoms with Gasteiger partial charge in [-0.3, -0.25) is 19.7 Å². The number of hydrogen-bond acceptors (Lipinski definition) is 8. The SMILES string of the molecule is CC(=O)COC(=O)CCN(Cc1ccccc1)c1ccc(N=Nc2ccc([N+](=O)[O-])cc2Br)cc1. The summed E-state index contributed by atoms with van der Waals surface area (Å²) in [6.45, 7) is 2.13. The third-order valence-electron chi connectivity index (χ3n) is 4.87. The van der Waals surface area contributed by atoms with Gasteiger partial charge in [-0.25, -0.2) is 0 Å². The van der Waals surface area contributed by atoms with Crippen LogP contribution in [0.5, 0.6) is 0 Å². The minimum Gasteiger partial charge on any atom is -0.458 e. The number of nitro benzene ring substituents is 1. The van der Waals surface area contributed by atoms with Gasteiger partial charge >= 0.3 is 5.97 Å². The van der Waals surface area contributed by atoms with E-state index in [1.54, 1.807) is 12.1 Å². The van der Waals surface area contributed by atoms with Gasteiger partial charge in [0.1, 0.15) is 12.3 Å². The Morgan fingerprint density at radius 1 is 1.03 bits per heavy atom. The molecule has 0 aliphatic heterocycles. The number of ether oxygens (including phenoxy) is 1. The molecule has 3 rings (SSSR count). The van der Waals surface area contributed by atoms with Gasteiger partial charge in [0.05, 0.1) is 21.5 Å². The smallest absolute Gasteiger partial charge is 0.308 e. The van der Waals surface area contributed by atoms with Crippen molar-refractivity contribution in [3.8, 4) is 0 Å². The van der Waals surface area contributed by atoms with Crippen LogP contribution < -0.4 is 4.90 Å². The molecule has 0 saturated heterocycles. The number of ketones is 1. The van der Waals surface area contributed by atoms with E-state index in [2.05, 4.69) is 26.2 Å². The summed E-state index contributed by atoms with van der Waals surface area (Å²) >= 11 is 3.28. The molecule has 180 valence electrons. The highest BCUT2D eigenvalue weighted by molar-refractivity contribution is 9.10. The lowest BCUT2D eigenvalue weighted by Crippen LogP contribution is -2.26. The maximum atomic E-state index is 12.0. The number of rotatable bonds is 11. The second-order valence-electron chi connectivity index (χ2n) is 7.63. The van der Waals surface area contributed by atoms with Crippen molar-refractivity contribution in [2.75, 3.05) is 18.1 Å². The number of nitro groups is 1. The third-order valence-corrected chi connectivity index (χ3v) is 5.50. The molecule has 0 spiro atoms. The van der Waals surface area contributed by atoms with Crippen molar-refractivity contribution >= 4 is 50.4 Å². The maximum absolute atomic E-state index is 12.0. The Morgan fingerprint density at radius 3 is 2.37 bits per heavy atom. The van der Waals surface area contributed by atoms with Crippen LogP contribution in [0.15, 0.2) is 87.5 Å². The molecule has 0 N–H and O–H groups in total. The zero-order valence-electron chi connectivity index (χ0n) is 19.0. The summed E-state index contributed by atoms with van der Waals surface area (Å²) in [6, 6.07) is 21.5. The lowest BCUT2D eigenvalue weighted by Gasteiger charge is -2.25. The van der Waals surface area contributed by atoms with Crippen LogP contribution in [0.2, 0.25) is 0 Å². The Kier molecular flexibility index (Phi) is 9.19. The first kappa shape index (κ1) is 25.7. The average Bonchev–Trinajstić information content (AvgIpc) is 2.85. The van der Waals surface area contributed by atoms with Gasteiger partial charge < -0.3 is 9.64 Å². The lowest BCUT2D eigenvalue weighted by atomic mass is 10.2. The van der Waals surface area contributed by atoms with Crippen LogP contribution in [0.3, 0.4) is 0 Å². The second-order valence-corrected chi connectivity index (χ2v) is 8.48. The largest absolute Gasteiger partial charge is 0.458 e. The molecule has 10 heteroatoms. The molecule has 0 radical (unpaired) electrons. The second kappa shape index (κ2) is 12.5. The first-order valence-electron chi connectivity index (χ1n) is 10.7. The Balaban J connectivity index is 1.72. The van der Waals surface area contributed by atoms with E-state index in [0.717, 1.165) is 11.3 Å². The summed E-state index contributed by atoms with van der Waals surface area (Å²) in [5.41, 5.74) is 2.98. The third kappa shape index (κ3) is 8.11. The van der Waals surface area contributed by atoms with Gasteiger partial charge in [0.2, 0.25) is 0 Å². The molecule has 3 aromatic rings. The van der Waals surface area contributed by atoms with E-state index in [1.807, 2.05) is 47.4 Å². The molecule has 0 amide bonds. The van der Waals surface area contributed by atoms with Gasteiger partial charge in [0.15, 0.2) is 5.78 Å². The summed E-state index contributed by atoms with van der Waals surface area (Å²) in [4.78, 5) is 35.5. The first-order chi connectivity index (χ1) is 16.8. The van der Waals surface area contributed by atoms with E-state index >= 15 is 0 Å². The highest BCUT2D eigenvalue weighted by Gasteiger charge is 2.12. The number of non-ortho nitro benzene ring substituents is 1. The van der Waals surface area contributed by atoms with Gasteiger partial charge in [-0.2, -0.15) is 5.11 Å². The van der Waals surface area contributed by atoms with Crippen molar-refractivity contribution in [3.63, 3.8) is 0 Å². The number of Topliss-reactive ketones (excluding diaryl/α,β-unsaturated/α-hetero) is 1. The predicted molar refractivity (Wildman–Crippen MR) is 135 cm³/mol. The monoisotopic (exact) mass is 538 g/mol. The molecule has 0 aliphatic rings. The minimum absolute atomic E-state index is 0.0381. The minimum atomic E-state index is -0.478. The fraction of sp³-hybridized carbons (Fsp3) is 0.200. The van der Waals surface area contributed by atoms with Gasteiger partial charge in [-0.05, 0) is 58.7 Å². The number of nitrogens with zero attached hydrogens (tertiary/aromatic N) is 4. The number of hydrogen-bond donors (Lipinski definition) is 0. The molecule has 0 aliphatic carbocycles. The van der Waals surface area contributed by atoms with E-state index < -0.39 is 10.9 Å². The van der Waals surface area contributed by atoms with E-state index in [-0.39, 0.29) is 24.5 Å². The van der Waals surface area contributed by atoms with Crippen molar-refractivity contribution in [1.82, 2.24) is 0 Å². The van der Waals surface area contributed by atoms with Crippen LogP contribution in [-0.4, -0.2) is 29.8 Å². The normalized spacial score (nSPS) is 10.8. The van der Waals surface area contributed by atoms with Crippen LogP contribution >= 0.6 is 15.9 Å². The standard InChI is InChI=1S/C25H23BrN4O5/c1-18(31)17-35-25(32)13-14-29(16-19-5-3-2-4-6-19)21-9-7-20(8-10-21)27-28-24-12-11-22(30(33)34)15-23(24)26/h2-12,15H,13-14,16-17H2,1H3. The highest BCUT2D eigenvalue weighted by atomic mass is 79.9. The summed E-state index contributed by atoms with van der Waals surface area (Å²) < 4.78 is 5.45. The summed E-state index contributed by atoms with van der Waals surface area (Å²) in [5.74, 6) is -0.637.